The van der Waals surface area contributed by atoms with Crippen molar-refractivity contribution >= 4 is 63.2 Å². The van der Waals surface area contributed by atoms with E-state index in [0.29, 0.717) is 16.4 Å². The molecule has 0 saturated carbocycles. The molecule has 6 heteroatoms. The van der Waals surface area contributed by atoms with E-state index in [1.807, 2.05) is 79.7 Å². The Hall–Kier alpha value is -2.53. The van der Waals surface area contributed by atoms with Crippen LogP contribution < -0.4 is 0 Å². The van der Waals surface area contributed by atoms with Crippen molar-refractivity contribution in [3.8, 4) is 5.75 Å². The number of aromatic hydroxyl groups is 1. The number of thioether (sulfide) groups is 1. The average Bonchev–Trinajstić information content (AvgIpc) is 3.06. The number of azo groups is 1. The Morgan fingerprint density at radius 2 is 1.81 bits per heavy atom. The van der Waals surface area contributed by atoms with Crippen LogP contribution in [0.5, 0.6) is 5.75 Å². The van der Waals surface area contributed by atoms with Gasteiger partial charge in [0.1, 0.15) is 11.4 Å². The van der Waals surface area contributed by atoms with Crippen LogP contribution in [0, 0.1) is 6.92 Å². The van der Waals surface area contributed by atoms with E-state index in [0.717, 1.165) is 26.8 Å². The molecule has 0 spiro atoms. The van der Waals surface area contributed by atoms with Gasteiger partial charge in [0.25, 0.3) is 0 Å². The summed E-state index contributed by atoms with van der Waals surface area (Å²) in [4.78, 5) is 0.956. The monoisotopic (exact) mass is 466 g/mol. The normalized spacial score (nSPS) is 19.2. The molecule has 2 unspecified atom stereocenters. The van der Waals surface area contributed by atoms with Crippen molar-refractivity contribution < 1.29 is 5.11 Å². The second-order valence-corrected chi connectivity index (χ2v) is 9.27. The first-order valence-corrected chi connectivity index (χ1v) is 11.4. The highest BCUT2D eigenvalue weighted by molar-refractivity contribution is 8.04. The number of halogens is 2. The number of fused-ring (bicyclic) bond motifs is 1. The Morgan fingerprint density at radius 1 is 1.06 bits per heavy atom. The van der Waals surface area contributed by atoms with Gasteiger partial charge in [-0.05, 0) is 47.7 Å². The summed E-state index contributed by atoms with van der Waals surface area (Å²) in [6, 6.07) is 17.4. The number of nitrogens with zero attached hydrogens (tertiary/aromatic N) is 2. The molecule has 0 bridgehead atoms. The molecular formula is C25H20Cl2N2OS. The minimum absolute atomic E-state index is 0.0886. The molecule has 1 aliphatic heterocycles. The van der Waals surface area contributed by atoms with Crippen molar-refractivity contribution in [2.24, 2.45) is 10.2 Å². The van der Waals surface area contributed by atoms with Crippen LogP contribution in [0.1, 0.15) is 11.1 Å². The van der Waals surface area contributed by atoms with Crippen LogP contribution in [0.15, 0.2) is 93.5 Å². The van der Waals surface area contributed by atoms with Crippen molar-refractivity contribution in [1.29, 1.82) is 0 Å². The van der Waals surface area contributed by atoms with Gasteiger partial charge in [-0.3, -0.25) is 0 Å². The summed E-state index contributed by atoms with van der Waals surface area (Å²) in [6.45, 7) is 5.66. The van der Waals surface area contributed by atoms with E-state index in [1.165, 1.54) is 0 Å². The molecule has 0 saturated heterocycles. The fraction of sp³-hybridized carbons (Fsp3) is 0.120. The van der Waals surface area contributed by atoms with Crippen molar-refractivity contribution in [2.45, 2.75) is 17.6 Å². The fourth-order valence-corrected chi connectivity index (χ4v) is 5.19. The smallest absolute Gasteiger partial charge is 0.146 e. The van der Waals surface area contributed by atoms with Gasteiger partial charge in [0, 0.05) is 15.5 Å². The van der Waals surface area contributed by atoms with E-state index in [-0.39, 0.29) is 16.4 Å². The van der Waals surface area contributed by atoms with E-state index in [1.54, 1.807) is 11.8 Å². The number of hydrogen-bond donors (Lipinski definition) is 1. The summed E-state index contributed by atoms with van der Waals surface area (Å²) in [7, 11) is 0. The lowest BCUT2D eigenvalue weighted by Gasteiger charge is -2.07. The van der Waals surface area contributed by atoms with Crippen LogP contribution in [0.3, 0.4) is 0 Å². The predicted molar refractivity (Wildman–Crippen MR) is 134 cm³/mol. The number of hydrogen-bond acceptors (Lipinski definition) is 4. The van der Waals surface area contributed by atoms with Gasteiger partial charge in [-0.15, -0.1) is 35.1 Å². The van der Waals surface area contributed by atoms with Crippen molar-refractivity contribution in [3.05, 3.63) is 94.4 Å². The third kappa shape index (κ3) is 4.57. The van der Waals surface area contributed by atoms with E-state index in [2.05, 4.69) is 16.8 Å². The summed E-state index contributed by atoms with van der Waals surface area (Å²) in [5, 5.41) is 21.5. The van der Waals surface area contributed by atoms with Gasteiger partial charge in [0.15, 0.2) is 0 Å². The summed E-state index contributed by atoms with van der Waals surface area (Å²) < 4.78 is 0. The number of phenolic OH excluding ortho intramolecular Hbond substituents is 1. The van der Waals surface area contributed by atoms with Gasteiger partial charge in [0.05, 0.1) is 16.1 Å². The highest BCUT2D eigenvalue weighted by Crippen LogP contribution is 2.44. The Bertz CT molecular complexity index is 1230. The quantitative estimate of drug-likeness (QED) is 0.232. The SMILES string of the molecule is C=CC1SC(/C=C/c2ccc(N=Nc3c(O)c(C)cc4ccccc34)cc2)=C(Cl)C1Cl. The lowest BCUT2D eigenvalue weighted by Crippen LogP contribution is -2.08. The van der Waals surface area contributed by atoms with E-state index < -0.39 is 0 Å². The zero-order chi connectivity index (χ0) is 22.0. The Labute approximate surface area is 195 Å². The molecule has 0 aromatic heterocycles. The van der Waals surface area contributed by atoms with Crippen molar-refractivity contribution in [1.82, 2.24) is 0 Å². The summed E-state index contributed by atoms with van der Waals surface area (Å²) in [6.07, 6.45) is 5.78. The first-order valence-electron chi connectivity index (χ1n) is 9.72. The molecule has 3 aromatic rings. The Balaban J connectivity index is 1.54. The number of benzene rings is 3. The molecule has 0 aliphatic carbocycles. The molecule has 4 rings (SSSR count). The van der Waals surface area contributed by atoms with Gasteiger partial charge in [-0.2, -0.15) is 5.11 Å². The number of aryl methyl sites for hydroxylation is 1. The zero-order valence-corrected chi connectivity index (χ0v) is 19.1. The number of allylic oxidation sites excluding steroid dienone is 2. The molecular weight excluding hydrogens is 447 g/mol. The van der Waals surface area contributed by atoms with Gasteiger partial charge in [-0.1, -0.05) is 60.2 Å². The van der Waals surface area contributed by atoms with Crippen molar-refractivity contribution in [3.63, 3.8) is 0 Å². The first-order chi connectivity index (χ1) is 15.0. The standard InChI is InChI=1S/C25H20Cl2N2OS/c1-3-20-22(26)23(27)21(31-20)13-10-16-8-11-18(12-9-16)28-29-24-19-7-5-4-6-17(19)14-15(2)25(24)30/h3-14,20,22,30H,1H2,2H3/b13-10+,29-28?. The van der Waals surface area contributed by atoms with Crippen LogP contribution in [0.2, 0.25) is 0 Å². The molecule has 2 atom stereocenters. The van der Waals surface area contributed by atoms with Crippen molar-refractivity contribution in [2.75, 3.05) is 0 Å². The van der Waals surface area contributed by atoms with Crippen LogP contribution in [0.25, 0.3) is 16.8 Å². The average molecular weight is 467 g/mol. The minimum atomic E-state index is -0.235. The summed E-state index contributed by atoms with van der Waals surface area (Å²) in [5.41, 5.74) is 2.95. The molecule has 3 aromatic carbocycles. The molecule has 3 nitrogen and oxygen atoms in total. The van der Waals surface area contributed by atoms with E-state index in [9.17, 15) is 5.11 Å². The molecule has 0 fully saturated rings. The molecule has 0 amide bonds. The fourth-order valence-electron chi connectivity index (χ4n) is 3.32. The van der Waals surface area contributed by atoms with E-state index in [4.69, 9.17) is 23.2 Å². The maximum Gasteiger partial charge on any atom is 0.146 e. The third-order valence-electron chi connectivity index (χ3n) is 5.03. The third-order valence-corrected chi connectivity index (χ3v) is 7.68. The Morgan fingerprint density at radius 3 is 2.52 bits per heavy atom. The van der Waals surface area contributed by atoms with Gasteiger partial charge in [-0.25, -0.2) is 0 Å². The maximum absolute atomic E-state index is 10.5. The lowest BCUT2D eigenvalue weighted by molar-refractivity contribution is 0.473. The van der Waals surface area contributed by atoms with Gasteiger partial charge >= 0.3 is 0 Å². The number of phenols is 1. The topological polar surface area (TPSA) is 45.0 Å². The minimum Gasteiger partial charge on any atom is -0.505 e. The maximum atomic E-state index is 10.5. The molecule has 1 N–H and O–H groups in total. The van der Waals surface area contributed by atoms with Gasteiger partial charge in [0.2, 0.25) is 0 Å². The van der Waals surface area contributed by atoms with E-state index >= 15 is 0 Å². The van der Waals surface area contributed by atoms with Crippen LogP contribution in [-0.4, -0.2) is 15.7 Å². The Kier molecular flexibility index (Phi) is 6.51. The highest BCUT2D eigenvalue weighted by atomic mass is 35.5. The zero-order valence-electron chi connectivity index (χ0n) is 16.8. The molecule has 1 heterocycles. The first kappa shape index (κ1) is 21.7. The largest absolute Gasteiger partial charge is 0.505 e. The van der Waals surface area contributed by atoms with Crippen LogP contribution in [0.4, 0.5) is 11.4 Å². The van der Waals surface area contributed by atoms with Crippen LogP contribution >= 0.6 is 35.0 Å². The number of alkyl halides is 1. The van der Waals surface area contributed by atoms with Gasteiger partial charge < -0.3 is 5.11 Å². The molecule has 156 valence electrons. The number of rotatable bonds is 5. The molecule has 0 radical (unpaired) electrons. The molecule has 31 heavy (non-hydrogen) atoms. The predicted octanol–water partition coefficient (Wildman–Crippen LogP) is 8.64. The molecule has 1 aliphatic rings. The second kappa shape index (κ2) is 9.31. The van der Waals surface area contributed by atoms with Crippen LogP contribution in [-0.2, 0) is 0 Å². The highest BCUT2D eigenvalue weighted by Gasteiger charge is 2.30. The lowest BCUT2D eigenvalue weighted by atomic mass is 10.0. The summed E-state index contributed by atoms with van der Waals surface area (Å²) >= 11 is 14.3. The summed E-state index contributed by atoms with van der Waals surface area (Å²) in [5.74, 6) is 0.150. The second-order valence-electron chi connectivity index (χ2n) is 7.17.